The molecule has 0 unspecified atom stereocenters. The quantitative estimate of drug-likeness (QED) is 0.730. The van der Waals surface area contributed by atoms with Crippen LogP contribution in [0.25, 0.3) is 0 Å². The summed E-state index contributed by atoms with van der Waals surface area (Å²) in [7, 11) is 0. The van der Waals surface area contributed by atoms with Crippen LogP contribution >= 0.6 is 11.3 Å². The van der Waals surface area contributed by atoms with Crippen LogP contribution in [0.2, 0.25) is 0 Å². The predicted molar refractivity (Wildman–Crippen MR) is 111 cm³/mol. The fourth-order valence-corrected chi connectivity index (χ4v) is 5.09. The molecule has 4 nitrogen and oxygen atoms in total. The van der Waals surface area contributed by atoms with Crippen molar-refractivity contribution in [1.29, 1.82) is 0 Å². The zero-order valence-corrected chi connectivity index (χ0v) is 17.3. The molecule has 1 saturated carbocycles. The lowest BCUT2D eigenvalue weighted by Gasteiger charge is -2.05. The third-order valence-corrected chi connectivity index (χ3v) is 7.41. The molecule has 0 radical (unpaired) electrons. The van der Waals surface area contributed by atoms with Crippen LogP contribution in [0.1, 0.15) is 54.9 Å². The predicted octanol–water partition coefficient (Wildman–Crippen LogP) is 4.64. The van der Waals surface area contributed by atoms with Gasteiger partial charge in [-0.1, -0.05) is 58.0 Å². The Morgan fingerprint density at radius 3 is 2.26 bits per heavy atom. The first-order chi connectivity index (χ1) is 12.6. The van der Waals surface area contributed by atoms with Gasteiger partial charge in [0.1, 0.15) is 5.00 Å². The first kappa shape index (κ1) is 19.6. The van der Waals surface area contributed by atoms with E-state index in [0.717, 1.165) is 24.1 Å². The molecule has 0 bridgehead atoms. The first-order valence-corrected chi connectivity index (χ1v) is 10.2. The van der Waals surface area contributed by atoms with Gasteiger partial charge in [-0.2, -0.15) is 0 Å². The van der Waals surface area contributed by atoms with Crippen LogP contribution in [0.15, 0.2) is 36.4 Å². The van der Waals surface area contributed by atoms with Gasteiger partial charge in [0.25, 0.3) is 5.91 Å². The second kappa shape index (κ2) is 7.12. The van der Waals surface area contributed by atoms with Crippen LogP contribution in [-0.4, -0.2) is 11.8 Å². The fourth-order valence-electron chi connectivity index (χ4n) is 3.99. The van der Waals surface area contributed by atoms with Crippen LogP contribution < -0.4 is 11.1 Å². The average Bonchev–Trinajstić information content (AvgIpc) is 2.86. The van der Waals surface area contributed by atoms with Gasteiger partial charge in [0.15, 0.2) is 0 Å². The fraction of sp³-hybridized carbons (Fsp3) is 0.455. The van der Waals surface area contributed by atoms with Crippen LogP contribution in [0, 0.1) is 16.7 Å². The van der Waals surface area contributed by atoms with E-state index in [0.29, 0.717) is 10.6 Å². The van der Waals surface area contributed by atoms with Gasteiger partial charge in [-0.05, 0) is 41.7 Å². The molecule has 1 aliphatic carbocycles. The zero-order valence-electron chi connectivity index (χ0n) is 16.5. The summed E-state index contributed by atoms with van der Waals surface area (Å²) in [5.41, 5.74) is 7.17. The number of carbonyl (C=O) groups is 2. The van der Waals surface area contributed by atoms with E-state index < -0.39 is 5.91 Å². The summed E-state index contributed by atoms with van der Waals surface area (Å²) in [5, 5.41) is 3.56. The molecule has 1 aromatic heterocycles. The Morgan fingerprint density at radius 2 is 1.70 bits per heavy atom. The minimum Gasteiger partial charge on any atom is -0.366 e. The number of rotatable bonds is 7. The summed E-state index contributed by atoms with van der Waals surface area (Å²) in [6.07, 6.45) is 2.83. The Balaban J connectivity index is 1.67. The highest BCUT2D eigenvalue weighted by Gasteiger charge is 2.68. The molecular weight excluding hydrogens is 356 g/mol. The number of amides is 2. The van der Waals surface area contributed by atoms with Crippen molar-refractivity contribution in [1.82, 2.24) is 0 Å². The number of aryl methyl sites for hydroxylation is 2. The van der Waals surface area contributed by atoms with E-state index in [4.69, 9.17) is 5.73 Å². The van der Waals surface area contributed by atoms with E-state index in [-0.39, 0.29) is 22.7 Å². The van der Waals surface area contributed by atoms with Gasteiger partial charge in [-0.15, -0.1) is 11.3 Å². The number of benzene rings is 1. The van der Waals surface area contributed by atoms with Gasteiger partial charge in [0.05, 0.1) is 5.56 Å². The maximum absolute atomic E-state index is 12.7. The van der Waals surface area contributed by atoms with E-state index in [1.807, 2.05) is 24.3 Å². The highest BCUT2D eigenvalue weighted by atomic mass is 32.1. The molecular formula is C22H28N2O2S. The van der Waals surface area contributed by atoms with Crippen molar-refractivity contribution in [2.24, 2.45) is 22.5 Å². The molecule has 2 amide bonds. The van der Waals surface area contributed by atoms with Gasteiger partial charge in [-0.25, -0.2) is 0 Å². The molecule has 144 valence electrons. The van der Waals surface area contributed by atoms with Crippen molar-refractivity contribution in [3.8, 4) is 0 Å². The molecule has 2 aromatic rings. The molecule has 0 atom stereocenters. The molecule has 27 heavy (non-hydrogen) atoms. The third-order valence-electron chi connectivity index (χ3n) is 6.30. The molecule has 1 aromatic carbocycles. The largest absolute Gasteiger partial charge is 0.366 e. The van der Waals surface area contributed by atoms with Crippen LogP contribution in [0.3, 0.4) is 0 Å². The third kappa shape index (κ3) is 3.79. The van der Waals surface area contributed by atoms with E-state index >= 15 is 0 Å². The second-order valence-electron chi connectivity index (χ2n) is 8.52. The molecule has 1 fully saturated rings. The van der Waals surface area contributed by atoms with Crippen molar-refractivity contribution in [2.75, 3.05) is 5.32 Å². The number of anilines is 1. The summed E-state index contributed by atoms with van der Waals surface area (Å²) in [5.74, 6) is -0.579. The minimum absolute atomic E-state index is 0.0230. The Labute approximate surface area is 165 Å². The Morgan fingerprint density at radius 1 is 1.07 bits per heavy atom. The molecule has 0 aliphatic heterocycles. The van der Waals surface area contributed by atoms with Crippen molar-refractivity contribution in [3.05, 3.63) is 52.4 Å². The van der Waals surface area contributed by atoms with Gasteiger partial charge in [0, 0.05) is 10.8 Å². The lowest BCUT2D eigenvalue weighted by molar-refractivity contribution is -0.118. The summed E-state index contributed by atoms with van der Waals surface area (Å²) in [6.45, 7) is 8.43. The standard InChI is InChI=1S/C22H28N2O2S/c1-21(2)17(22(21,3)4)19(26)24-20-16(18(23)25)13-15(27-20)12-8-11-14-9-6-5-7-10-14/h5-7,9-10,13,17H,8,11-12H2,1-4H3,(H2,23,25)(H,24,26). The number of nitrogens with one attached hydrogen (secondary N) is 1. The number of carbonyl (C=O) groups excluding carboxylic acids is 2. The van der Waals surface area contributed by atoms with Gasteiger partial charge in [0.2, 0.25) is 5.91 Å². The highest BCUT2D eigenvalue weighted by molar-refractivity contribution is 7.16. The molecule has 3 N–H and O–H groups in total. The number of thiophene rings is 1. The number of nitrogens with two attached hydrogens (primary N) is 1. The van der Waals surface area contributed by atoms with Gasteiger partial charge < -0.3 is 11.1 Å². The van der Waals surface area contributed by atoms with Gasteiger partial charge in [-0.3, -0.25) is 9.59 Å². The first-order valence-electron chi connectivity index (χ1n) is 9.42. The molecule has 0 spiro atoms. The van der Waals surface area contributed by atoms with E-state index in [9.17, 15) is 9.59 Å². The normalized spacial score (nSPS) is 17.5. The second-order valence-corrected chi connectivity index (χ2v) is 9.66. The smallest absolute Gasteiger partial charge is 0.251 e. The van der Waals surface area contributed by atoms with Crippen molar-refractivity contribution in [3.63, 3.8) is 0 Å². The number of primary amides is 1. The maximum Gasteiger partial charge on any atom is 0.251 e. The van der Waals surface area contributed by atoms with Crippen molar-refractivity contribution in [2.45, 2.75) is 47.0 Å². The topological polar surface area (TPSA) is 72.2 Å². The summed E-state index contributed by atoms with van der Waals surface area (Å²) in [6, 6.07) is 12.2. The lowest BCUT2D eigenvalue weighted by atomic mass is 10.0. The lowest BCUT2D eigenvalue weighted by Crippen LogP contribution is -2.20. The summed E-state index contributed by atoms with van der Waals surface area (Å²) in [4.78, 5) is 25.6. The monoisotopic (exact) mass is 384 g/mol. The Kier molecular flexibility index (Phi) is 5.17. The van der Waals surface area contributed by atoms with Crippen LogP contribution in [-0.2, 0) is 17.6 Å². The van der Waals surface area contributed by atoms with Crippen molar-refractivity contribution < 1.29 is 9.59 Å². The van der Waals surface area contributed by atoms with Crippen LogP contribution in [0.5, 0.6) is 0 Å². The van der Waals surface area contributed by atoms with E-state index in [1.54, 1.807) is 0 Å². The summed E-state index contributed by atoms with van der Waals surface area (Å²) < 4.78 is 0. The molecule has 1 heterocycles. The van der Waals surface area contributed by atoms with Crippen molar-refractivity contribution >= 4 is 28.2 Å². The highest BCUT2D eigenvalue weighted by Crippen LogP contribution is 2.68. The molecule has 0 saturated heterocycles. The number of hydrogen-bond donors (Lipinski definition) is 2. The minimum atomic E-state index is -0.495. The van der Waals surface area contributed by atoms with E-state index in [2.05, 4.69) is 45.1 Å². The average molecular weight is 385 g/mol. The SMILES string of the molecule is CC1(C)C(C(=O)Nc2sc(CCCc3ccccc3)cc2C(N)=O)C1(C)C. The van der Waals surface area contributed by atoms with E-state index in [1.165, 1.54) is 16.9 Å². The molecule has 1 aliphatic rings. The summed E-state index contributed by atoms with van der Waals surface area (Å²) >= 11 is 1.46. The molecule has 5 heteroatoms. The maximum atomic E-state index is 12.7. The Hall–Kier alpha value is -2.14. The Bertz CT molecular complexity index is 838. The zero-order chi connectivity index (χ0) is 19.8. The molecule has 3 rings (SSSR count). The number of hydrogen-bond acceptors (Lipinski definition) is 3. The van der Waals surface area contributed by atoms with Gasteiger partial charge >= 0.3 is 0 Å². The van der Waals surface area contributed by atoms with Crippen LogP contribution in [0.4, 0.5) is 5.00 Å².